The number of carbonyl (C=O) groups is 2. The van der Waals surface area contributed by atoms with E-state index in [0.29, 0.717) is 40.1 Å². The fourth-order valence-electron chi connectivity index (χ4n) is 11.8. The van der Waals surface area contributed by atoms with E-state index in [-0.39, 0.29) is 11.1 Å². The predicted octanol–water partition coefficient (Wildman–Crippen LogP) is 10.0. The summed E-state index contributed by atoms with van der Waals surface area (Å²) in [6, 6.07) is 21.4. The molecule has 4 fully saturated rings. The summed E-state index contributed by atoms with van der Waals surface area (Å²) in [6.45, 7) is 7.70. The number of cyclic esters (lactones) is 2. The molecule has 9 unspecified atom stereocenters. The Kier molecular flexibility index (Phi) is 7.12. The lowest BCUT2D eigenvalue weighted by atomic mass is 9.42. The monoisotopic (exact) mass is 618 g/mol. The van der Waals surface area contributed by atoms with Gasteiger partial charge < -0.3 is 14.6 Å². The topological polar surface area (TPSA) is 72.8 Å². The summed E-state index contributed by atoms with van der Waals surface area (Å²) < 4.78 is 11.1. The van der Waals surface area contributed by atoms with Gasteiger partial charge in [0.2, 0.25) is 0 Å². The molecule has 0 bridgehead atoms. The Morgan fingerprint density at radius 1 is 0.739 bits per heavy atom. The summed E-state index contributed by atoms with van der Waals surface area (Å²) >= 11 is 0. The van der Waals surface area contributed by atoms with Crippen LogP contribution < -0.4 is 4.74 Å². The molecule has 46 heavy (non-hydrogen) atoms. The second kappa shape index (κ2) is 11.0. The van der Waals surface area contributed by atoms with Crippen LogP contribution >= 0.6 is 0 Å². The van der Waals surface area contributed by atoms with Gasteiger partial charge in [0.1, 0.15) is 17.2 Å². The largest absolute Gasteiger partial charge is 0.508 e. The van der Waals surface area contributed by atoms with Crippen molar-refractivity contribution in [2.24, 2.45) is 40.4 Å². The standard InChI is InChI=1S/C41H46O5/c1-4-26-10-16-34-32-15-17-36-37(24-8-11-27(42)12-9-24)30(18-20-41(36,3)35(32)19-21-40(26,34)2)25-6-5-7-28(22-25)45-29-13-14-31-33(23-29)39(44)46-38(31)43/h5-9,11-14,22-23,26,30,32,34-37,42H,4,10,15-21H2,1-3H3. The molecule has 3 aromatic rings. The summed E-state index contributed by atoms with van der Waals surface area (Å²) in [6.07, 6.45) is 11.9. The fourth-order valence-corrected chi connectivity index (χ4v) is 11.8. The molecular weight excluding hydrogens is 572 g/mol. The Balaban J connectivity index is 1.11. The number of fused-ring (bicyclic) bond motifs is 6. The fraction of sp³-hybridized carbons (Fsp3) is 0.512. The maximum Gasteiger partial charge on any atom is 0.347 e. The Bertz CT molecular complexity index is 1680. The van der Waals surface area contributed by atoms with Crippen LogP contribution in [-0.2, 0) is 4.74 Å². The van der Waals surface area contributed by atoms with Gasteiger partial charge in [-0.3, -0.25) is 0 Å². The van der Waals surface area contributed by atoms with Crippen molar-refractivity contribution in [3.05, 3.63) is 89.0 Å². The normalized spacial score (nSPS) is 36.3. The second-order valence-electron chi connectivity index (χ2n) is 15.6. The van der Waals surface area contributed by atoms with Gasteiger partial charge in [0, 0.05) is 0 Å². The highest BCUT2D eigenvalue weighted by atomic mass is 16.6. The van der Waals surface area contributed by atoms with Gasteiger partial charge in [-0.05, 0) is 157 Å². The number of ether oxygens (including phenoxy) is 2. The number of phenolic OH excluding ortho intramolecular Hbond substituents is 1. The summed E-state index contributed by atoms with van der Waals surface area (Å²) in [5.74, 6) is 4.99. The molecule has 3 aromatic carbocycles. The Morgan fingerprint density at radius 2 is 1.46 bits per heavy atom. The Hall–Kier alpha value is -3.60. The summed E-state index contributed by atoms with van der Waals surface area (Å²) in [7, 11) is 0. The average molecular weight is 619 g/mol. The number of hydrogen-bond acceptors (Lipinski definition) is 5. The molecular formula is C41H46O5. The number of carbonyl (C=O) groups excluding carboxylic acids is 2. The van der Waals surface area contributed by atoms with Gasteiger partial charge >= 0.3 is 11.9 Å². The van der Waals surface area contributed by atoms with Crippen LogP contribution in [-0.4, -0.2) is 17.0 Å². The van der Waals surface area contributed by atoms with E-state index in [0.717, 1.165) is 35.8 Å². The minimum atomic E-state index is -0.628. The molecule has 0 amide bonds. The maximum absolute atomic E-state index is 12.1. The molecule has 0 saturated heterocycles. The molecule has 0 aromatic heterocycles. The van der Waals surface area contributed by atoms with E-state index in [1.54, 1.807) is 18.2 Å². The van der Waals surface area contributed by atoms with Crippen LogP contribution in [0.3, 0.4) is 0 Å². The molecule has 5 aliphatic rings. The van der Waals surface area contributed by atoms with Crippen LogP contribution in [0.25, 0.3) is 0 Å². The highest BCUT2D eigenvalue weighted by Gasteiger charge is 2.61. The van der Waals surface area contributed by atoms with Crippen molar-refractivity contribution in [2.45, 2.75) is 90.4 Å². The van der Waals surface area contributed by atoms with Crippen LogP contribution in [0.2, 0.25) is 0 Å². The molecule has 8 rings (SSSR count). The van der Waals surface area contributed by atoms with Crippen LogP contribution in [0.5, 0.6) is 17.2 Å². The minimum absolute atomic E-state index is 0.249. The third-order valence-electron chi connectivity index (χ3n) is 13.9. The zero-order valence-electron chi connectivity index (χ0n) is 27.3. The molecule has 5 nitrogen and oxygen atoms in total. The number of esters is 2. The van der Waals surface area contributed by atoms with Crippen molar-refractivity contribution in [1.82, 2.24) is 0 Å². The van der Waals surface area contributed by atoms with Crippen molar-refractivity contribution in [3.8, 4) is 17.2 Å². The van der Waals surface area contributed by atoms with Gasteiger partial charge in [0.15, 0.2) is 0 Å². The zero-order chi connectivity index (χ0) is 31.8. The lowest BCUT2D eigenvalue weighted by molar-refractivity contribution is -0.120. The number of rotatable bonds is 5. The molecule has 4 saturated carbocycles. The number of aromatic hydroxyl groups is 1. The van der Waals surface area contributed by atoms with Crippen molar-refractivity contribution in [3.63, 3.8) is 0 Å². The highest BCUT2D eigenvalue weighted by molar-refractivity contribution is 6.14. The third-order valence-corrected chi connectivity index (χ3v) is 13.9. The molecule has 0 radical (unpaired) electrons. The van der Waals surface area contributed by atoms with E-state index in [1.807, 2.05) is 18.2 Å². The quantitative estimate of drug-likeness (QED) is 0.228. The smallest absolute Gasteiger partial charge is 0.347 e. The van der Waals surface area contributed by atoms with E-state index >= 15 is 0 Å². The zero-order valence-corrected chi connectivity index (χ0v) is 27.3. The van der Waals surface area contributed by atoms with E-state index in [1.165, 1.54) is 62.5 Å². The lowest BCUT2D eigenvalue weighted by Gasteiger charge is -2.63. The Morgan fingerprint density at radius 3 is 2.26 bits per heavy atom. The first kappa shape index (κ1) is 29.8. The van der Waals surface area contributed by atoms with Crippen LogP contribution in [0.15, 0.2) is 66.7 Å². The lowest BCUT2D eigenvalue weighted by Crippen LogP contribution is -2.55. The molecule has 1 N–H and O–H groups in total. The molecule has 4 aliphatic carbocycles. The van der Waals surface area contributed by atoms with E-state index in [2.05, 4.69) is 51.1 Å². The number of hydrogen-bond donors (Lipinski definition) is 1. The van der Waals surface area contributed by atoms with Gasteiger partial charge in [0.05, 0.1) is 11.1 Å². The van der Waals surface area contributed by atoms with Gasteiger partial charge in [0.25, 0.3) is 0 Å². The summed E-state index contributed by atoms with van der Waals surface area (Å²) in [4.78, 5) is 24.1. The number of benzene rings is 3. The van der Waals surface area contributed by atoms with E-state index in [4.69, 9.17) is 9.47 Å². The van der Waals surface area contributed by atoms with Crippen molar-refractivity contribution >= 4 is 11.9 Å². The first-order valence-corrected chi connectivity index (χ1v) is 17.7. The first-order chi connectivity index (χ1) is 22.2. The van der Waals surface area contributed by atoms with Crippen molar-refractivity contribution in [1.29, 1.82) is 0 Å². The van der Waals surface area contributed by atoms with Crippen molar-refractivity contribution < 1.29 is 24.2 Å². The predicted molar refractivity (Wildman–Crippen MR) is 177 cm³/mol. The van der Waals surface area contributed by atoms with Gasteiger partial charge in [-0.25, -0.2) is 9.59 Å². The summed E-state index contributed by atoms with van der Waals surface area (Å²) in [5, 5.41) is 10.2. The Labute approximate surface area is 272 Å². The molecule has 1 heterocycles. The van der Waals surface area contributed by atoms with Crippen molar-refractivity contribution in [2.75, 3.05) is 0 Å². The molecule has 1 aliphatic heterocycles. The van der Waals surface area contributed by atoms with Gasteiger partial charge in [-0.2, -0.15) is 0 Å². The summed E-state index contributed by atoms with van der Waals surface area (Å²) in [5.41, 5.74) is 3.97. The van der Waals surface area contributed by atoms with Gasteiger partial charge in [-0.1, -0.05) is 51.5 Å². The van der Waals surface area contributed by atoms with E-state index < -0.39 is 11.9 Å². The first-order valence-electron chi connectivity index (χ1n) is 17.7. The SMILES string of the molecule is CCC1CCC2C3CCC4C(c5ccc(O)cc5)C(c5cccc(Oc6ccc7c(c6)C(=O)OC7=O)c5)CCC4(C)C3CCC12C. The van der Waals surface area contributed by atoms with Gasteiger partial charge in [-0.15, -0.1) is 0 Å². The third kappa shape index (κ3) is 4.55. The second-order valence-corrected chi connectivity index (χ2v) is 15.6. The molecule has 5 heteroatoms. The minimum Gasteiger partial charge on any atom is -0.508 e. The average Bonchev–Trinajstić information content (AvgIpc) is 3.55. The van der Waals surface area contributed by atoms with E-state index in [9.17, 15) is 14.7 Å². The van der Waals surface area contributed by atoms with Crippen LogP contribution in [0.4, 0.5) is 0 Å². The van der Waals surface area contributed by atoms with Crippen LogP contribution in [0, 0.1) is 40.4 Å². The molecule has 0 spiro atoms. The maximum atomic E-state index is 12.1. The molecule has 240 valence electrons. The van der Waals surface area contributed by atoms with Crippen LogP contribution in [0.1, 0.15) is 122 Å². The molecule has 9 atom stereocenters. The highest BCUT2D eigenvalue weighted by Crippen LogP contribution is 2.70. The number of phenols is 1.